The van der Waals surface area contributed by atoms with Gasteiger partial charge >= 0.3 is 248 Å². The van der Waals surface area contributed by atoms with Crippen LogP contribution in [-0.4, -0.2) is 8.07 Å². The Morgan fingerprint density at radius 2 is 0.925 bits per heavy atom. The monoisotopic (exact) mass is 614 g/mol. The van der Waals surface area contributed by atoms with Crippen LogP contribution in [0.1, 0.15) is 69.0 Å². The number of allylic oxidation sites excluding steroid dienone is 2. The van der Waals surface area contributed by atoms with Gasteiger partial charge in [0.2, 0.25) is 0 Å². The van der Waals surface area contributed by atoms with E-state index in [0.29, 0.717) is 7.25 Å². The molecule has 0 saturated carbocycles. The summed E-state index contributed by atoms with van der Waals surface area (Å²) < 4.78 is 4.30. The molecule has 4 aromatic carbocycles. The predicted octanol–water partition coefficient (Wildman–Crippen LogP) is 9.21. The molecule has 0 aromatic heterocycles. The third-order valence-corrected chi connectivity index (χ3v) is 31.7. The van der Waals surface area contributed by atoms with E-state index in [1.165, 1.54) is 45.1 Å². The molecule has 0 radical (unpaired) electrons. The summed E-state index contributed by atoms with van der Waals surface area (Å²) >= 11 is -3.03. The van der Waals surface area contributed by atoms with E-state index >= 15 is 0 Å². The second kappa shape index (κ2) is 10.7. The van der Waals surface area contributed by atoms with E-state index in [9.17, 15) is 0 Å². The summed E-state index contributed by atoms with van der Waals surface area (Å²) in [6.07, 6.45) is 10.8. The van der Waals surface area contributed by atoms with Crippen molar-refractivity contribution in [2.75, 3.05) is 0 Å². The Balaban J connectivity index is 1.63. The van der Waals surface area contributed by atoms with Crippen LogP contribution in [0.15, 0.2) is 120 Å². The van der Waals surface area contributed by atoms with E-state index in [2.05, 4.69) is 135 Å². The zero-order valence-electron chi connectivity index (χ0n) is 23.9. The third kappa shape index (κ3) is 3.79. The SMILES string of the molecule is CCC[CH2][Zr]1([CH2]CCC)[CH]2C(=Cc3ccccc32)[Si](c2ccccc2)(c2ccccc2)C2=Cc3ccccc3[CH]21. The van der Waals surface area contributed by atoms with Gasteiger partial charge in [0.25, 0.3) is 0 Å². The number of hydrogen-bond donors (Lipinski definition) is 0. The Morgan fingerprint density at radius 1 is 0.525 bits per heavy atom. The maximum atomic E-state index is 2.72. The summed E-state index contributed by atoms with van der Waals surface area (Å²) in [5.74, 6) is 0. The van der Waals surface area contributed by atoms with Crippen molar-refractivity contribution in [3.8, 4) is 0 Å². The van der Waals surface area contributed by atoms with Crippen molar-refractivity contribution >= 4 is 30.6 Å². The Morgan fingerprint density at radius 3 is 1.35 bits per heavy atom. The standard InChI is InChI=1S/C30H22Si.2C4H9.Zr/c1-3-15-27(16-4-1)31(28-17-5-2-6-18-28,29-19-23-11-7-8-12-24(23)20-29)30-21-25-13-9-10-14-26(25)22-30;2*1-3-4-2;/h1-22H;2*1,3-4H2,2H3;. The number of hydrogen-bond acceptors (Lipinski definition) is 0. The van der Waals surface area contributed by atoms with Gasteiger partial charge in [-0.1, -0.05) is 0 Å². The minimum atomic E-state index is -3.03. The normalized spacial score (nSPS) is 21.1. The van der Waals surface area contributed by atoms with Gasteiger partial charge in [-0.05, 0) is 0 Å². The van der Waals surface area contributed by atoms with Crippen LogP contribution in [0.2, 0.25) is 8.26 Å². The van der Waals surface area contributed by atoms with E-state index in [1.54, 1.807) is 21.5 Å². The van der Waals surface area contributed by atoms with Crippen LogP contribution in [0.4, 0.5) is 0 Å². The van der Waals surface area contributed by atoms with Crippen LogP contribution in [0.3, 0.4) is 0 Å². The Hall–Kier alpha value is -2.54. The summed E-state index contributed by atoms with van der Waals surface area (Å²) in [7, 11) is -2.48. The second-order valence-electron chi connectivity index (χ2n) is 12.2. The molecule has 2 heteroatoms. The van der Waals surface area contributed by atoms with Gasteiger partial charge in [-0.25, -0.2) is 0 Å². The molecule has 4 aromatic rings. The summed E-state index contributed by atoms with van der Waals surface area (Å²) in [6, 6.07) is 42.6. The zero-order chi connectivity index (χ0) is 27.2. The fourth-order valence-electron chi connectivity index (χ4n) is 8.79. The predicted molar refractivity (Wildman–Crippen MR) is 172 cm³/mol. The quantitative estimate of drug-likeness (QED) is 0.173. The number of benzene rings is 4. The molecule has 0 nitrogen and oxygen atoms in total. The van der Waals surface area contributed by atoms with Gasteiger partial charge in [-0.15, -0.1) is 0 Å². The van der Waals surface area contributed by atoms with Gasteiger partial charge in [-0.3, -0.25) is 0 Å². The van der Waals surface area contributed by atoms with Crippen LogP contribution < -0.4 is 10.4 Å². The minimum absolute atomic E-state index is 0.656. The molecule has 1 saturated heterocycles. The van der Waals surface area contributed by atoms with Gasteiger partial charge in [-0.2, -0.15) is 0 Å². The van der Waals surface area contributed by atoms with E-state index in [1.807, 2.05) is 10.4 Å². The van der Waals surface area contributed by atoms with Crippen LogP contribution in [-0.2, 0) is 20.3 Å². The average Bonchev–Trinajstić information content (AvgIpc) is 3.60. The van der Waals surface area contributed by atoms with Gasteiger partial charge in [0.15, 0.2) is 0 Å². The van der Waals surface area contributed by atoms with E-state index in [-0.39, 0.29) is 0 Å². The number of rotatable bonds is 8. The summed E-state index contributed by atoms with van der Waals surface area (Å²) in [5.41, 5.74) is 6.36. The van der Waals surface area contributed by atoms with Crippen molar-refractivity contribution in [3.05, 3.63) is 142 Å². The zero-order valence-corrected chi connectivity index (χ0v) is 27.4. The molecule has 0 bridgehead atoms. The molecule has 2 atom stereocenters. The van der Waals surface area contributed by atoms with Crippen LogP contribution >= 0.6 is 0 Å². The van der Waals surface area contributed by atoms with Crippen molar-refractivity contribution in [2.45, 2.75) is 55.0 Å². The molecule has 200 valence electrons. The van der Waals surface area contributed by atoms with Crippen molar-refractivity contribution in [1.29, 1.82) is 0 Å². The first kappa shape index (κ1) is 26.4. The van der Waals surface area contributed by atoms with Crippen molar-refractivity contribution in [2.24, 2.45) is 0 Å². The molecular weight excluding hydrogens is 576 g/mol. The Labute approximate surface area is 246 Å². The summed E-state index contributed by atoms with van der Waals surface area (Å²) in [6.45, 7) is 4.82. The van der Waals surface area contributed by atoms with Crippen molar-refractivity contribution in [3.63, 3.8) is 0 Å². The van der Waals surface area contributed by atoms with Crippen LogP contribution in [0, 0.1) is 0 Å². The van der Waals surface area contributed by atoms with Crippen LogP contribution in [0.5, 0.6) is 0 Å². The molecular formula is C38H40SiZr. The van der Waals surface area contributed by atoms with E-state index in [4.69, 9.17) is 0 Å². The average molecular weight is 616 g/mol. The number of fused-ring (bicyclic) bond motifs is 6. The molecule has 7 rings (SSSR count). The summed E-state index contributed by atoms with van der Waals surface area (Å²) in [5, 5.41) is 6.79. The van der Waals surface area contributed by atoms with Crippen molar-refractivity contribution in [1.82, 2.24) is 0 Å². The first-order valence-corrected chi connectivity index (χ1v) is 23.8. The topological polar surface area (TPSA) is 0 Å². The van der Waals surface area contributed by atoms with Crippen LogP contribution in [0.25, 0.3) is 12.2 Å². The first-order valence-electron chi connectivity index (χ1n) is 15.5. The molecule has 3 aliphatic rings. The fourth-order valence-corrected chi connectivity index (χ4v) is 37.7. The van der Waals surface area contributed by atoms with Crippen molar-refractivity contribution < 1.29 is 20.3 Å². The van der Waals surface area contributed by atoms with Gasteiger partial charge in [0.1, 0.15) is 0 Å². The third-order valence-electron chi connectivity index (χ3n) is 10.3. The molecule has 2 aliphatic carbocycles. The number of unbranched alkanes of at least 4 members (excludes halogenated alkanes) is 2. The second-order valence-corrected chi connectivity index (χ2v) is 27.4. The Kier molecular flexibility index (Phi) is 7.05. The molecule has 1 aliphatic heterocycles. The Bertz CT molecular complexity index is 1460. The molecule has 1 heterocycles. The first-order chi connectivity index (χ1) is 19.8. The van der Waals surface area contributed by atoms with Gasteiger partial charge in [0.05, 0.1) is 0 Å². The molecule has 0 N–H and O–H groups in total. The molecule has 40 heavy (non-hydrogen) atoms. The molecule has 0 amide bonds. The molecule has 2 unspecified atom stereocenters. The summed E-state index contributed by atoms with van der Waals surface area (Å²) in [4.78, 5) is 0. The molecule has 0 spiro atoms. The maximum absolute atomic E-state index is 3.03. The van der Waals surface area contributed by atoms with E-state index < -0.39 is 28.3 Å². The molecule has 1 fully saturated rings. The fraction of sp³-hybridized carbons (Fsp3) is 0.263. The van der Waals surface area contributed by atoms with E-state index in [0.717, 1.165) is 0 Å². The van der Waals surface area contributed by atoms with Gasteiger partial charge in [0, 0.05) is 0 Å². The van der Waals surface area contributed by atoms with Gasteiger partial charge < -0.3 is 0 Å².